The molecule has 1 aromatic carbocycles. The number of alkyl halides is 1. The minimum atomic E-state index is -1.16. The monoisotopic (exact) mass is 517 g/mol. The van der Waals surface area contributed by atoms with Gasteiger partial charge in [-0.25, -0.2) is 9.37 Å². The van der Waals surface area contributed by atoms with Crippen LogP contribution in [0, 0.1) is 5.41 Å². The zero-order valence-electron chi connectivity index (χ0n) is 21.5. The number of carbonyl (C=O) groups excluding carboxylic acids is 1. The van der Waals surface area contributed by atoms with Crippen LogP contribution in [0.2, 0.25) is 5.02 Å². The van der Waals surface area contributed by atoms with E-state index in [-0.39, 0.29) is 24.1 Å². The molecule has 1 fully saturated rings. The SMILES string of the molecule is CC(=O)N[C@@H](Cc1ccc(Cl)cc1)[C@@H](O)CN[C@H]1CC2(CCC2)Oc2ncc([C@@H](F)C(C)(C)C)cc21. The Hall–Kier alpha value is -2.22. The van der Waals surface area contributed by atoms with Gasteiger partial charge in [-0.05, 0) is 54.9 Å². The van der Waals surface area contributed by atoms with Crippen molar-refractivity contribution in [3.63, 3.8) is 0 Å². The summed E-state index contributed by atoms with van der Waals surface area (Å²) in [6.07, 6.45) is 3.78. The number of nitrogens with zero attached hydrogens (tertiary/aromatic N) is 1. The van der Waals surface area contributed by atoms with Crippen LogP contribution in [0.4, 0.5) is 4.39 Å². The van der Waals surface area contributed by atoms with Crippen molar-refractivity contribution in [2.45, 2.75) is 89.8 Å². The summed E-state index contributed by atoms with van der Waals surface area (Å²) in [7, 11) is 0. The number of benzene rings is 1. The maximum absolute atomic E-state index is 15.2. The predicted molar refractivity (Wildman–Crippen MR) is 139 cm³/mol. The van der Waals surface area contributed by atoms with Crippen LogP contribution < -0.4 is 15.4 Å². The zero-order chi connectivity index (χ0) is 26.1. The maximum atomic E-state index is 15.2. The van der Waals surface area contributed by atoms with Gasteiger partial charge in [0, 0.05) is 48.3 Å². The van der Waals surface area contributed by atoms with Crippen LogP contribution in [0.5, 0.6) is 5.88 Å². The van der Waals surface area contributed by atoms with Gasteiger partial charge < -0.3 is 20.5 Å². The van der Waals surface area contributed by atoms with Crippen LogP contribution in [-0.4, -0.2) is 40.3 Å². The molecule has 1 amide bonds. The average molecular weight is 518 g/mol. The molecule has 1 aliphatic heterocycles. The lowest BCUT2D eigenvalue weighted by molar-refractivity contribution is -0.120. The number of aliphatic hydroxyl groups is 1. The number of pyridine rings is 1. The second-order valence-corrected chi connectivity index (χ2v) is 11.8. The number of hydrogen-bond donors (Lipinski definition) is 3. The number of fused-ring (bicyclic) bond motifs is 1. The Labute approximate surface area is 218 Å². The lowest BCUT2D eigenvalue weighted by Crippen LogP contribution is -2.52. The summed E-state index contributed by atoms with van der Waals surface area (Å²) >= 11 is 6.00. The van der Waals surface area contributed by atoms with Crippen LogP contribution in [0.1, 0.15) is 82.3 Å². The van der Waals surface area contributed by atoms with Crippen LogP contribution >= 0.6 is 11.6 Å². The normalized spacial score (nSPS) is 21.0. The number of nitrogens with one attached hydrogen (secondary N) is 2. The molecule has 2 aliphatic rings. The maximum Gasteiger partial charge on any atom is 0.218 e. The van der Waals surface area contributed by atoms with E-state index in [1.165, 1.54) is 6.92 Å². The average Bonchev–Trinajstić information content (AvgIpc) is 2.80. The molecule has 2 aromatic rings. The van der Waals surface area contributed by atoms with Gasteiger partial charge in [0.25, 0.3) is 0 Å². The second kappa shape index (κ2) is 10.6. The molecular weight excluding hydrogens is 481 g/mol. The molecule has 0 unspecified atom stereocenters. The van der Waals surface area contributed by atoms with E-state index in [9.17, 15) is 9.90 Å². The van der Waals surface area contributed by atoms with E-state index in [4.69, 9.17) is 16.3 Å². The molecule has 4 atom stereocenters. The third-order valence-corrected chi connectivity index (χ3v) is 7.53. The Morgan fingerprint density at radius 2 is 2.00 bits per heavy atom. The molecule has 1 aliphatic carbocycles. The molecule has 8 heteroatoms. The molecule has 3 N–H and O–H groups in total. The van der Waals surface area contributed by atoms with E-state index in [0.29, 0.717) is 22.9 Å². The highest BCUT2D eigenvalue weighted by Crippen LogP contribution is 2.49. The number of halogens is 2. The van der Waals surface area contributed by atoms with Crippen molar-refractivity contribution in [3.05, 3.63) is 58.2 Å². The highest BCUT2D eigenvalue weighted by molar-refractivity contribution is 6.30. The minimum absolute atomic E-state index is 0.142. The second-order valence-electron chi connectivity index (χ2n) is 11.4. The molecule has 0 radical (unpaired) electrons. The van der Waals surface area contributed by atoms with Gasteiger partial charge >= 0.3 is 0 Å². The molecule has 2 heterocycles. The number of ether oxygens (including phenoxy) is 1. The fourth-order valence-corrected chi connectivity index (χ4v) is 5.20. The predicted octanol–water partition coefficient (Wildman–Crippen LogP) is 5.24. The van der Waals surface area contributed by atoms with Crippen molar-refractivity contribution >= 4 is 17.5 Å². The van der Waals surface area contributed by atoms with Gasteiger partial charge in [-0.15, -0.1) is 0 Å². The van der Waals surface area contributed by atoms with Crippen molar-refractivity contribution in [1.82, 2.24) is 15.6 Å². The number of rotatable bonds is 8. The first-order chi connectivity index (χ1) is 17.0. The molecule has 196 valence electrons. The van der Waals surface area contributed by atoms with Crippen LogP contribution in [0.3, 0.4) is 0 Å². The third kappa shape index (κ3) is 6.18. The molecule has 36 heavy (non-hydrogen) atoms. The van der Waals surface area contributed by atoms with E-state index in [2.05, 4.69) is 15.6 Å². The van der Waals surface area contributed by atoms with Gasteiger partial charge in [0.2, 0.25) is 11.8 Å². The van der Waals surface area contributed by atoms with Gasteiger partial charge in [-0.2, -0.15) is 0 Å². The number of hydrogen-bond acceptors (Lipinski definition) is 5. The Bertz CT molecular complexity index is 1070. The number of carbonyl (C=O) groups is 1. The summed E-state index contributed by atoms with van der Waals surface area (Å²) in [5.41, 5.74) is 1.50. The van der Waals surface area contributed by atoms with Gasteiger partial charge in [0.15, 0.2) is 0 Å². The minimum Gasteiger partial charge on any atom is -0.471 e. The molecule has 1 aromatic heterocycles. The topological polar surface area (TPSA) is 83.5 Å². The quantitative estimate of drug-likeness (QED) is 0.446. The number of aliphatic hydroxyl groups excluding tert-OH is 1. The largest absolute Gasteiger partial charge is 0.471 e. The zero-order valence-corrected chi connectivity index (χ0v) is 22.2. The molecule has 1 saturated carbocycles. The van der Waals surface area contributed by atoms with Crippen molar-refractivity contribution in [2.75, 3.05) is 6.54 Å². The summed E-state index contributed by atoms with van der Waals surface area (Å²) in [6, 6.07) is 8.61. The first kappa shape index (κ1) is 26.8. The Balaban J connectivity index is 1.52. The number of aromatic nitrogens is 1. The van der Waals surface area contributed by atoms with Crippen LogP contribution in [0.15, 0.2) is 36.5 Å². The summed E-state index contributed by atoms with van der Waals surface area (Å²) in [4.78, 5) is 16.4. The van der Waals surface area contributed by atoms with Crippen LogP contribution in [-0.2, 0) is 11.2 Å². The highest BCUT2D eigenvalue weighted by atomic mass is 35.5. The van der Waals surface area contributed by atoms with E-state index < -0.39 is 23.7 Å². The molecule has 4 rings (SSSR count). The number of amides is 1. The van der Waals surface area contributed by atoms with E-state index in [1.54, 1.807) is 18.3 Å². The third-order valence-electron chi connectivity index (χ3n) is 7.28. The molecule has 6 nitrogen and oxygen atoms in total. The summed E-state index contributed by atoms with van der Waals surface area (Å²) in [6.45, 7) is 7.30. The van der Waals surface area contributed by atoms with Crippen molar-refractivity contribution in [1.29, 1.82) is 0 Å². The highest BCUT2D eigenvalue weighted by Gasteiger charge is 2.46. The van der Waals surface area contributed by atoms with E-state index >= 15 is 4.39 Å². The molecule has 1 spiro atoms. The fraction of sp³-hybridized carbons (Fsp3) is 0.571. The van der Waals surface area contributed by atoms with Gasteiger partial charge in [-0.3, -0.25) is 4.79 Å². The summed E-state index contributed by atoms with van der Waals surface area (Å²) < 4.78 is 21.4. The van der Waals surface area contributed by atoms with Crippen molar-refractivity contribution < 1.29 is 19.0 Å². The Morgan fingerprint density at radius 1 is 1.31 bits per heavy atom. The van der Waals surface area contributed by atoms with E-state index in [1.807, 2.05) is 39.0 Å². The van der Waals surface area contributed by atoms with Crippen LogP contribution in [0.25, 0.3) is 0 Å². The fourth-order valence-electron chi connectivity index (χ4n) is 5.07. The van der Waals surface area contributed by atoms with Crippen molar-refractivity contribution in [3.8, 4) is 5.88 Å². The van der Waals surface area contributed by atoms with Gasteiger partial charge in [0.05, 0.1) is 12.1 Å². The Kier molecular flexibility index (Phi) is 7.93. The molecule has 0 saturated heterocycles. The molecule has 0 bridgehead atoms. The lowest BCUT2D eigenvalue weighted by atomic mass is 9.73. The van der Waals surface area contributed by atoms with E-state index in [0.717, 1.165) is 36.8 Å². The van der Waals surface area contributed by atoms with Gasteiger partial charge in [-0.1, -0.05) is 44.5 Å². The summed E-state index contributed by atoms with van der Waals surface area (Å²) in [5, 5.41) is 18.1. The van der Waals surface area contributed by atoms with Crippen molar-refractivity contribution in [2.24, 2.45) is 5.41 Å². The Morgan fingerprint density at radius 3 is 2.58 bits per heavy atom. The first-order valence-corrected chi connectivity index (χ1v) is 13.1. The molecular formula is C28H37ClFN3O3. The lowest BCUT2D eigenvalue weighted by Gasteiger charge is -2.47. The smallest absolute Gasteiger partial charge is 0.218 e. The standard InChI is InChI=1S/C28H37ClFN3O3/c1-17(34)33-22(12-18-6-8-20(29)9-7-18)24(35)16-31-23-14-28(10-5-11-28)36-26-21(23)13-19(15-32-26)25(30)27(2,3)4/h6-9,13,15,22-25,31,35H,5,10-12,14,16H2,1-4H3,(H,33,34)/t22-,23-,24-,25+/m0/s1. The first-order valence-electron chi connectivity index (χ1n) is 12.7. The summed E-state index contributed by atoms with van der Waals surface area (Å²) in [5.74, 6) is 0.334. The van der Waals surface area contributed by atoms with Gasteiger partial charge in [0.1, 0.15) is 11.8 Å².